The molecule has 0 fully saturated rings. The van der Waals surface area contributed by atoms with Crippen molar-refractivity contribution in [3.8, 4) is 6.07 Å². The Bertz CT molecular complexity index is 521. The van der Waals surface area contributed by atoms with Gasteiger partial charge in [-0.25, -0.2) is 4.79 Å². The predicted octanol–water partition coefficient (Wildman–Crippen LogP) is 3.38. The van der Waals surface area contributed by atoms with Gasteiger partial charge in [0.05, 0.1) is 16.7 Å². The minimum atomic E-state index is -0.674. The number of esters is 1. The van der Waals surface area contributed by atoms with Crippen molar-refractivity contribution in [1.29, 1.82) is 5.26 Å². The highest BCUT2D eigenvalue weighted by atomic mass is 35.5. The van der Waals surface area contributed by atoms with Crippen LogP contribution >= 0.6 is 23.2 Å². The lowest BCUT2D eigenvalue weighted by Gasteiger charge is -2.04. The quantitative estimate of drug-likeness (QED) is 0.523. The summed E-state index contributed by atoms with van der Waals surface area (Å²) in [6.45, 7) is 1.88. The summed E-state index contributed by atoms with van der Waals surface area (Å²) in [5.74, 6) is -0.674. The van der Waals surface area contributed by atoms with Crippen molar-refractivity contribution in [2.75, 3.05) is 11.9 Å². The minimum absolute atomic E-state index is 0.122. The van der Waals surface area contributed by atoms with Gasteiger partial charge in [0.2, 0.25) is 0 Å². The maximum absolute atomic E-state index is 11.3. The molecule has 0 radical (unpaired) electrons. The Labute approximate surface area is 115 Å². The van der Waals surface area contributed by atoms with Crippen molar-refractivity contribution in [2.24, 2.45) is 0 Å². The van der Waals surface area contributed by atoms with Crippen molar-refractivity contribution >= 4 is 34.9 Å². The van der Waals surface area contributed by atoms with Crippen molar-refractivity contribution in [1.82, 2.24) is 0 Å². The molecule has 0 aliphatic heterocycles. The van der Waals surface area contributed by atoms with E-state index in [0.29, 0.717) is 15.7 Å². The molecule has 6 heteroatoms. The summed E-state index contributed by atoms with van der Waals surface area (Å²) in [6, 6.07) is 6.61. The van der Waals surface area contributed by atoms with Crippen molar-refractivity contribution in [3.05, 3.63) is 40.0 Å². The van der Waals surface area contributed by atoms with Crippen molar-refractivity contribution in [2.45, 2.75) is 6.92 Å². The lowest BCUT2D eigenvalue weighted by molar-refractivity contribution is -0.138. The number of carbonyl (C=O) groups excluding carboxylic acids is 1. The number of anilines is 1. The van der Waals surface area contributed by atoms with Gasteiger partial charge < -0.3 is 10.1 Å². The highest BCUT2D eigenvalue weighted by Crippen LogP contribution is 2.25. The Balaban J connectivity index is 2.80. The van der Waals surface area contributed by atoms with Crippen LogP contribution in [0.25, 0.3) is 0 Å². The smallest absolute Gasteiger partial charge is 0.350 e. The van der Waals surface area contributed by atoms with Gasteiger partial charge in [-0.15, -0.1) is 0 Å². The Morgan fingerprint density at radius 2 is 2.22 bits per heavy atom. The molecule has 0 atom stereocenters. The standard InChI is InChI=1S/C12H10Cl2N2O2/c1-2-18-12(17)8(6-15)7-16-9-3-4-10(13)11(14)5-9/h3-5,7,16H,2H2,1H3/b8-7-. The largest absolute Gasteiger partial charge is 0.462 e. The molecule has 0 bridgehead atoms. The van der Waals surface area contributed by atoms with Gasteiger partial charge in [-0.2, -0.15) is 5.26 Å². The van der Waals surface area contributed by atoms with Gasteiger partial charge in [-0.1, -0.05) is 23.2 Å². The number of hydrogen-bond acceptors (Lipinski definition) is 4. The van der Waals surface area contributed by atoms with E-state index in [4.69, 9.17) is 33.2 Å². The van der Waals surface area contributed by atoms with E-state index in [0.717, 1.165) is 0 Å². The molecule has 4 nitrogen and oxygen atoms in total. The Morgan fingerprint density at radius 1 is 1.50 bits per heavy atom. The van der Waals surface area contributed by atoms with E-state index < -0.39 is 5.97 Å². The first-order valence-electron chi connectivity index (χ1n) is 5.07. The van der Waals surface area contributed by atoms with Crippen molar-refractivity contribution < 1.29 is 9.53 Å². The zero-order valence-electron chi connectivity index (χ0n) is 9.54. The fraction of sp³-hybridized carbons (Fsp3) is 0.167. The van der Waals surface area contributed by atoms with Gasteiger partial charge in [-0.3, -0.25) is 0 Å². The monoisotopic (exact) mass is 284 g/mol. The molecule has 0 unspecified atom stereocenters. The zero-order valence-corrected chi connectivity index (χ0v) is 11.0. The SMILES string of the molecule is CCOC(=O)/C(C#N)=C\Nc1ccc(Cl)c(Cl)c1. The molecule has 0 heterocycles. The van der Waals surface area contributed by atoms with Gasteiger partial charge in [-0.05, 0) is 25.1 Å². The topological polar surface area (TPSA) is 62.1 Å². The summed E-state index contributed by atoms with van der Waals surface area (Å²) >= 11 is 11.6. The number of nitrogens with zero attached hydrogens (tertiary/aromatic N) is 1. The number of hydrogen-bond donors (Lipinski definition) is 1. The Morgan fingerprint density at radius 3 is 2.78 bits per heavy atom. The Kier molecular flexibility index (Phi) is 5.50. The number of halogens is 2. The van der Waals surface area contributed by atoms with Crippen LogP contribution in [-0.2, 0) is 9.53 Å². The second-order valence-electron chi connectivity index (χ2n) is 3.16. The molecule has 0 aliphatic carbocycles. The molecular weight excluding hydrogens is 275 g/mol. The van der Waals surface area contributed by atoms with Gasteiger partial charge in [0, 0.05) is 11.9 Å². The zero-order chi connectivity index (χ0) is 13.5. The molecule has 1 aromatic rings. The van der Waals surface area contributed by atoms with E-state index in [1.165, 1.54) is 6.20 Å². The number of nitrogens with one attached hydrogen (secondary N) is 1. The van der Waals surface area contributed by atoms with E-state index in [1.54, 1.807) is 31.2 Å². The van der Waals surface area contributed by atoms with Gasteiger partial charge in [0.1, 0.15) is 6.07 Å². The van der Waals surface area contributed by atoms with Gasteiger partial charge in [0.25, 0.3) is 0 Å². The first-order valence-corrected chi connectivity index (χ1v) is 5.83. The number of benzene rings is 1. The molecule has 18 heavy (non-hydrogen) atoms. The third-order valence-electron chi connectivity index (χ3n) is 1.92. The number of nitriles is 1. The Hall–Kier alpha value is -1.70. The van der Waals surface area contributed by atoms with Crippen LogP contribution in [0.3, 0.4) is 0 Å². The molecule has 0 aliphatic rings. The molecular formula is C12H10Cl2N2O2. The summed E-state index contributed by atoms with van der Waals surface area (Å²) in [5.41, 5.74) is 0.490. The van der Waals surface area contributed by atoms with Crippen LogP contribution < -0.4 is 5.32 Å². The summed E-state index contributed by atoms with van der Waals surface area (Å²) in [6.07, 6.45) is 1.26. The number of ether oxygens (including phenoxy) is 1. The third-order valence-corrected chi connectivity index (χ3v) is 2.66. The van der Waals surface area contributed by atoms with E-state index in [9.17, 15) is 4.79 Å². The fourth-order valence-electron chi connectivity index (χ4n) is 1.09. The average molecular weight is 285 g/mol. The summed E-state index contributed by atoms with van der Waals surface area (Å²) in [5, 5.41) is 12.4. The molecule has 1 rings (SSSR count). The van der Waals surface area contributed by atoms with E-state index in [1.807, 2.05) is 0 Å². The van der Waals surface area contributed by atoms with Crippen LogP contribution in [0.2, 0.25) is 10.0 Å². The fourth-order valence-corrected chi connectivity index (χ4v) is 1.39. The number of rotatable bonds is 4. The van der Waals surface area contributed by atoms with Crippen LogP contribution in [0.4, 0.5) is 5.69 Å². The van der Waals surface area contributed by atoms with Crippen LogP contribution in [0.5, 0.6) is 0 Å². The molecule has 0 saturated carbocycles. The lowest BCUT2D eigenvalue weighted by Crippen LogP contribution is -2.07. The highest BCUT2D eigenvalue weighted by molar-refractivity contribution is 6.42. The molecule has 1 aromatic carbocycles. The van der Waals surface area contributed by atoms with E-state index in [-0.39, 0.29) is 12.2 Å². The summed E-state index contributed by atoms with van der Waals surface area (Å²) < 4.78 is 4.71. The highest BCUT2D eigenvalue weighted by Gasteiger charge is 2.09. The van der Waals surface area contributed by atoms with Gasteiger partial charge in [0.15, 0.2) is 5.57 Å². The summed E-state index contributed by atoms with van der Waals surface area (Å²) in [7, 11) is 0. The normalized spacial score (nSPS) is 10.7. The molecule has 0 saturated heterocycles. The van der Waals surface area contributed by atoms with Crippen molar-refractivity contribution in [3.63, 3.8) is 0 Å². The maximum Gasteiger partial charge on any atom is 0.350 e. The second-order valence-corrected chi connectivity index (χ2v) is 3.98. The molecule has 94 valence electrons. The van der Waals surface area contributed by atoms with Gasteiger partial charge >= 0.3 is 5.97 Å². The van der Waals surface area contributed by atoms with Crippen LogP contribution in [0.1, 0.15) is 6.92 Å². The molecule has 1 N–H and O–H groups in total. The van der Waals surface area contributed by atoms with Crippen LogP contribution in [-0.4, -0.2) is 12.6 Å². The first kappa shape index (κ1) is 14.4. The minimum Gasteiger partial charge on any atom is -0.462 e. The molecule has 0 aromatic heterocycles. The third kappa shape index (κ3) is 3.95. The van der Waals surface area contributed by atoms with Crippen LogP contribution in [0, 0.1) is 11.3 Å². The summed E-state index contributed by atoms with van der Waals surface area (Å²) in [4.78, 5) is 11.3. The average Bonchev–Trinajstić information content (AvgIpc) is 2.34. The van der Waals surface area contributed by atoms with Crippen LogP contribution in [0.15, 0.2) is 30.0 Å². The maximum atomic E-state index is 11.3. The van der Waals surface area contributed by atoms with E-state index in [2.05, 4.69) is 5.32 Å². The van der Waals surface area contributed by atoms with E-state index >= 15 is 0 Å². The first-order chi connectivity index (χ1) is 8.58. The second kappa shape index (κ2) is 6.90. The molecule has 0 spiro atoms. The predicted molar refractivity (Wildman–Crippen MR) is 70.4 cm³/mol. The molecule has 0 amide bonds. The lowest BCUT2D eigenvalue weighted by atomic mass is 10.3. The number of carbonyl (C=O) groups is 1.